The zero-order chi connectivity index (χ0) is 19.0. The molecule has 0 atom stereocenters. The number of fused-ring (bicyclic) bond motifs is 1. The van der Waals surface area contributed by atoms with Crippen LogP contribution in [0.1, 0.15) is 21.7 Å². The van der Waals surface area contributed by atoms with Crippen LogP contribution in [0.5, 0.6) is 0 Å². The van der Waals surface area contributed by atoms with Crippen LogP contribution in [0.4, 0.5) is 0 Å². The van der Waals surface area contributed by atoms with Crippen LogP contribution >= 0.6 is 0 Å². The maximum absolute atomic E-state index is 12.7. The largest absolute Gasteiger partial charge is 0.442 e. The van der Waals surface area contributed by atoms with Crippen LogP contribution < -0.4 is 10.9 Å². The molecule has 0 saturated carbocycles. The molecule has 3 heterocycles. The lowest BCUT2D eigenvalue weighted by molar-refractivity contribution is 0.0950. The molecule has 0 unspecified atom stereocenters. The van der Waals surface area contributed by atoms with Gasteiger partial charge in [0, 0.05) is 31.7 Å². The van der Waals surface area contributed by atoms with Gasteiger partial charge in [0.15, 0.2) is 0 Å². The molecule has 4 aromatic rings. The fourth-order valence-corrected chi connectivity index (χ4v) is 2.93. The van der Waals surface area contributed by atoms with Crippen molar-refractivity contribution in [3.63, 3.8) is 0 Å². The molecule has 1 N–H and O–H groups in total. The molecule has 3 aromatic heterocycles. The fourth-order valence-electron chi connectivity index (χ4n) is 2.93. The number of hydrogen-bond acceptors (Lipinski definition) is 5. The molecular weight excluding hydrogens is 346 g/mol. The van der Waals surface area contributed by atoms with Gasteiger partial charge in [-0.15, -0.1) is 0 Å². The van der Waals surface area contributed by atoms with Gasteiger partial charge in [0.1, 0.15) is 17.5 Å². The van der Waals surface area contributed by atoms with Crippen molar-refractivity contribution >= 4 is 17.0 Å². The van der Waals surface area contributed by atoms with Crippen molar-refractivity contribution in [3.8, 4) is 5.69 Å². The molecule has 0 bridgehead atoms. The van der Waals surface area contributed by atoms with Crippen LogP contribution in [0.2, 0.25) is 0 Å². The minimum atomic E-state index is -0.366. The first-order valence-corrected chi connectivity index (χ1v) is 8.35. The lowest BCUT2D eigenvalue weighted by atomic mass is 10.1. The van der Waals surface area contributed by atoms with E-state index >= 15 is 0 Å². The average Bonchev–Trinajstić information content (AvgIpc) is 3.31. The molecule has 1 amide bonds. The first-order chi connectivity index (χ1) is 13.0. The number of carbonyl (C=O) groups excluding carboxylic acids is 1. The number of aryl methyl sites for hydroxylation is 2. The van der Waals surface area contributed by atoms with Crippen LogP contribution in [0.15, 0.2) is 58.5 Å². The van der Waals surface area contributed by atoms with Crippen molar-refractivity contribution < 1.29 is 9.21 Å². The predicted octanol–water partition coefficient (Wildman–Crippen LogP) is 1.95. The normalized spacial score (nSPS) is 11.0. The minimum Gasteiger partial charge on any atom is -0.442 e. The number of benzene rings is 1. The standard InChI is InChI=1S/C19H17N5O3/c1-12-15(16-18(27-12)22-11-23(2)19(16)26)17(25)21-9-13-3-5-14(6-4-13)24-8-7-20-10-24/h3-8,10-11H,9H2,1-2H3,(H,21,25). The molecule has 8 nitrogen and oxygen atoms in total. The Hall–Kier alpha value is -3.68. The molecule has 0 aliphatic rings. The first-order valence-electron chi connectivity index (χ1n) is 8.35. The minimum absolute atomic E-state index is 0.172. The quantitative estimate of drug-likeness (QED) is 0.598. The van der Waals surface area contributed by atoms with E-state index in [-0.39, 0.29) is 28.1 Å². The Balaban J connectivity index is 1.55. The Kier molecular flexibility index (Phi) is 4.08. The van der Waals surface area contributed by atoms with E-state index < -0.39 is 0 Å². The van der Waals surface area contributed by atoms with Gasteiger partial charge in [-0.25, -0.2) is 9.97 Å². The van der Waals surface area contributed by atoms with Gasteiger partial charge < -0.3 is 18.9 Å². The van der Waals surface area contributed by atoms with Crippen molar-refractivity contribution in [3.05, 3.63) is 76.6 Å². The van der Waals surface area contributed by atoms with E-state index in [2.05, 4.69) is 15.3 Å². The summed E-state index contributed by atoms with van der Waals surface area (Å²) >= 11 is 0. The molecular formula is C19H17N5O3. The second-order valence-corrected chi connectivity index (χ2v) is 6.19. The number of hydrogen-bond donors (Lipinski definition) is 1. The Labute approximate surface area is 154 Å². The summed E-state index contributed by atoms with van der Waals surface area (Å²) in [5.74, 6) is 0.00351. The maximum Gasteiger partial charge on any atom is 0.265 e. The van der Waals surface area contributed by atoms with Crippen molar-refractivity contribution in [2.45, 2.75) is 13.5 Å². The Bertz CT molecular complexity index is 1170. The van der Waals surface area contributed by atoms with Crippen LogP contribution in [-0.4, -0.2) is 25.0 Å². The first kappa shape index (κ1) is 16.8. The highest BCUT2D eigenvalue weighted by molar-refractivity contribution is 6.06. The van der Waals surface area contributed by atoms with Crippen molar-refractivity contribution in [2.24, 2.45) is 7.05 Å². The van der Waals surface area contributed by atoms with E-state index in [0.29, 0.717) is 12.3 Å². The van der Waals surface area contributed by atoms with E-state index in [1.807, 2.05) is 35.0 Å². The smallest absolute Gasteiger partial charge is 0.265 e. The molecule has 0 saturated heterocycles. The van der Waals surface area contributed by atoms with E-state index in [1.165, 1.54) is 10.9 Å². The zero-order valence-electron chi connectivity index (χ0n) is 14.8. The third kappa shape index (κ3) is 3.01. The van der Waals surface area contributed by atoms with Crippen LogP contribution in [0.25, 0.3) is 16.8 Å². The lowest BCUT2D eigenvalue weighted by Crippen LogP contribution is -2.25. The molecule has 27 heavy (non-hydrogen) atoms. The van der Waals surface area contributed by atoms with Crippen LogP contribution in [0, 0.1) is 6.92 Å². The Morgan fingerprint density at radius 2 is 2.00 bits per heavy atom. The summed E-state index contributed by atoms with van der Waals surface area (Å²) in [5, 5.41) is 3.04. The van der Waals surface area contributed by atoms with Gasteiger partial charge >= 0.3 is 0 Å². The highest BCUT2D eigenvalue weighted by Crippen LogP contribution is 2.20. The van der Waals surface area contributed by atoms with Crippen molar-refractivity contribution in [2.75, 3.05) is 0 Å². The summed E-state index contributed by atoms with van der Waals surface area (Å²) in [6, 6.07) is 7.75. The monoisotopic (exact) mass is 363 g/mol. The Morgan fingerprint density at radius 3 is 2.70 bits per heavy atom. The van der Waals surface area contributed by atoms with E-state index in [0.717, 1.165) is 11.3 Å². The van der Waals surface area contributed by atoms with Crippen LogP contribution in [-0.2, 0) is 13.6 Å². The fraction of sp³-hybridized carbons (Fsp3) is 0.158. The second-order valence-electron chi connectivity index (χ2n) is 6.19. The summed E-state index contributed by atoms with van der Waals surface area (Å²) in [7, 11) is 1.58. The lowest BCUT2D eigenvalue weighted by Gasteiger charge is -2.07. The highest BCUT2D eigenvalue weighted by atomic mass is 16.3. The number of nitrogens with one attached hydrogen (secondary N) is 1. The summed E-state index contributed by atoms with van der Waals surface area (Å²) in [4.78, 5) is 33.1. The van der Waals surface area contributed by atoms with E-state index in [4.69, 9.17) is 4.42 Å². The molecule has 0 radical (unpaired) electrons. The third-order valence-corrected chi connectivity index (χ3v) is 4.37. The second kappa shape index (κ2) is 6.56. The van der Waals surface area contributed by atoms with Crippen LogP contribution in [0.3, 0.4) is 0 Å². The third-order valence-electron chi connectivity index (χ3n) is 4.37. The van der Waals surface area contributed by atoms with E-state index in [1.54, 1.807) is 26.5 Å². The topological polar surface area (TPSA) is 95.0 Å². The number of imidazole rings is 1. The Morgan fingerprint density at radius 1 is 1.22 bits per heavy atom. The summed E-state index contributed by atoms with van der Waals surface area (Å²) in [5.41, 5.74) is 2.00. The number of rotatable bonds is 4. The summed E-state index contributed by atoms with van der Waals surface area (Å²) < 4.78 is 8.69. The molecule has 0 spiro atoms. The maximum atomic E-state index is 12.7. The molecule has 8 heteroatoms. The van der Waals surface area contributed by atoms with Crippen molar-refractivity contribution in [1.29, 1.82) is 0 Å². The van der Waals surface area contributed by atoms with Gasteiger partial charge in [0.2, 0.25) is 5.71 Å². The highest BCUT2D eigenvalue weighted by Gasteiger charge is 2.22. The molecule has 0 aliphatic heterocycles. The number of aromatic nitrogens is 4. The van der Waals surface area contributed by atoms with Gasteiger partial charge in [-0.1, -0.05) is 12.1 Å². The summed E-state index contributed by atoms with van der Waals surface area (Å²) in [6.45, 7) is 1.98. The molecule has 1 aromatic carbocycles. The molecule has 0 aliphatic carbocycles. The van der Waals surface area contributed by atoms with Gasteiger partial charge in [-0.05, 0) is 24.6 Å². The molecule has 136 valence electrons. The molecule has 0 fully saturated rings. The number of carbonyl (C=O) groups is 1. The van der Waals surface area contributed by atoms with Gasteiger partial charge in [-0.2, -0.15) is 0 Å². The van der Waals surface area contributed by atoms with Crippen molar-refractivity contribution in [1.82, 2.24) is 24.4 Å². The number of furan rings is 1. The van der Waals surface area contributed by atoms with Gasteiger partial charge in [0.25, 0.3) is 11.5 Å². The molecule has 4 rings (SSSR count). The number of amides is 1. The van der Waals surface area contributed by atoms with Gasteiger partial charge in [-0.3, -0.25) is 9.59 Å². The predicted molar refractivity (Wildman–Crippen MR) is 98.7 cm³/mol. The number of nitrogens with zero attached hydrogens (tertiary/aromatic N) is 4. The summed E-state index contributed by atoms with van der Waals surface area (Å²) in [6.07, 6.45) is 6.66. The SMILES string of the molecule is Cc1oc2ncn(C)c(=O)c2c1C(=O)NCc1ccc(-n2ccnc2)cc1. The average molecular weight is 363 g/mol. The van der Waals surface area contributed by atoms with Gasteiger partial charge in [0.05, 0.1) is 11.9 Å². The zero-order valence-corrected chi connectivity index (χ0v) is 14.8. The van der Waals surface area contributed by atoms with E-state index in [9.17, 15) is 9.59 Å².